The largest absolute Gasteiger partial charge is 0.491 e. The Bertz CT molecular complexity index is 812. The Labute approximate surface area is 167 Å². The molecule has 0 saturated carbocycles. The molecule has 0 aliphatic carbocycles. The Morgan fingerprint density at radius 1 is 1.14 bits per heavy atom. The second-order valence-corrected chi connectivity index (χ2v) is 6.36. The first-order chi connectivity index (χ1) is 14.1. The van der Waals surface area contributed by atoms with Crippen molar-refractivity contribution < 1.29 is 33.0 Å². The van der Waals surface area contributed by atoms with Crippen molar-refractivity contribution in [3.8, 4) is 5.75 Å². The van der Waals surface area contributed by atoms with E-state index in [2.05, 4.69) is 10.6 Å². The molecule has 1 unspecified atom stereocenters. The van der Waals surface area contributed by atoms with Gasteiger partial charge in [0.15, 0.2) is 6.61 Å². The molecule has 1 atom stereocenters. The number of hydrogen-bond acceptors (Lipinski definition) is 7. The number of urea groups is 1. The Kier molecular flexibility index (Phi) is 7.23. The van der Waals surface area contributed by atoms with Crippen molar-refractivity contribution in [2.45, 2.75) is 25.5 Å². The number of amides is 3. The molecule has 3 rings (SSSR count). The lowest BCUT2D eigenvalue weighted by Gasteiger charge is -2.11. The summed E-state index contributed by atoms with van der Waals surface area (Å²) in [6, 6.07) is 9.03. The number of ether oxygens (including phenoxy) is 3. The van der Waals surface area contributed by atoms with E-state index in [1.165, 1.54) is 6.26 Å². The van der Waals surface area contributed by atoms with Gasteiger partial charge in [-0.1, -0.05) is 0 Å². The molecular formula is C20H22N2O7. The van der Waals surface area contributed by atoms with Gasteiger partial charge in [0, 0.05) is 6.61 Å². The molecule has 3 amide bonds. The molecular weight excluding hydrogens is 380 g/mol. The van der Waals surface area contributed by atoms with Crippen LogP contribution in [-0.4, -0.2) is 43.8 Å². The topological polar surface area (TPSA) is 116 Å². The van der Waals surface area contributed by atoms with Crippen LogP contribution in [0, 0.1) is 0 Å². The third-order valence-electron chi connectivity index (χ3n) is 4.14. The van der Waals surface area contributed by atoms with E-state index in [1.54, 1.807) is 36.4 Å². The fourth-order valence-electron chi connectivity index (χ4n) is 2.65. The molecule has 2 aromatic rings. The van der Waals surface area contributed by atoms with Crippen molar-refractivity contribution in [2.75, 3.05) is 19.8 Å². The number of carbonyl (C=O) groups excluding carboxylic acids is 3. The molecule has 9 heteroatoms. The lowest BCUT2D eigenvalue weighted by molar-refractivity contribution is -0.123. The summed E-state index contributed by atoms with van der Waals surface area (Å²) in [4.78, 5) is 35.3. The molecule has 154 valence electrons. The summed E-state index contributed by atoms with van der Waals surface area (Å²) in [5, 5.41) is 4.51. The van der Waals surface area contributed by atoms with Gasteiger partial charge in [0.2, 0.25) is 0 Å². The monoisotopic (exact) mass is 402 g/mol. The first-order valence-electron chi connectivity index (χ1n) is 9.22. The maximum Gasteiger partial charge on any atom is 0.338 e. The third kappa shape index (κ3) is 6.65. The quantitative estimate of drug-likeness (QED) is 0.649. The molecule has 0 radical (unpaired) electrons. The minimum atomic E-state index is -0.744. The van der Waals surface area contributed by atoms with Crippen molar-refractivity contribution in [1.29, 1.82) is 0 Å². The minimum absolute atomic E-state index is 0.106. The van der Waals surface area contributed by atoms with Gasteiger partial charge < -0.3 is 23.9 Å². The lowest BCUT2D eigenvalue weighted by atomic mass is 10.2. The number of esters is 1. The van der Waals surface area contributed by atoms with E-state index in [9.17, 15) is 14.4 Å². The van der Waals surface area contributed by atoms with Crippen LogP contribution in [0.15, 0.2) is 47.1 Å². The standard InChI is InChI=1S/C20H22N2O7/c23-18(22-20(25)21-11-16-3-1-9-26-16)13-29-19(24)14-5-7-15(8-6-14)28-12-17-4-2-10-27-17/h1,3,5-9,17H,2,4,10-13H2,(H2,21,22,23,25). The molecule has 1 saturated heterocycles. The van der Waals surface area contributed by atoms with Crippen molar-refractivity contribution in [3.63, 3.8) is 0 Å². The van der Waals surface area contributed by atoms with Crippen LogP contribution in [0.4, 0.5) is 4.79 Å². The highest BCUT2D eigenvalue weighted by atomic mass is 16.5. The van der Waals surface area contributed by atoms with Gasteiger partial charge in [-0.2, -0.15) is 0 Å². The first-order valence-corrected chi connectivity index (χ1v) is 9.22. The zero-order chi connectivity index (χ0) is 20.5. The highest BCUT2D eigenvalue weighted by Gasteiger charge is 2.16. The summed E-state index contributed by atoms with van der Waals surface area (Å²) in [7, 11) is 0. The highest BCUT2D eigenvalue weighted by molar-refractivity contribution is 5.97. The number of carbonyl (C=O) groups is 3. The Hall–Kier alpha value is -3.33. The van der Waals surface area contributed by atoms with Crippen molar-refractivity contribution in [1.82, 2.24) is 10.6 Å². The average Bonchev–Trinajstić information content (AvgIpc) is 3.43. The number of imide groups is 1. The molecule has 0 bridgehead atoms. The maximum absolute atomic E-state index is 12.0. The van der Waals surface area contributed by atoms with E-state index < -0.39 is 24.5 Å². The van der Waals surface area contributed by atoms with Gasteiger partial charge in [-0.25, -0.2) is 9.59 Å². The molecule has 1 aliphatic rings. The number of benzene rings is 1. The second kappa shape index (κ2) is 10.3. The Balaban J connectivity index is 1.35. The van der Waals surface area contributed by atoms with Gasteiger partial charge in [-0.15, -0.1) is 0 Å². The predicted octanol–water partition coefficient (Wildman–Crippen LogP) is 2.02. The van der Waals surface area contributed by atoms with E-state index in [-0.39, 0.29) is 18.2 Å². The summed E-state index contributed by atoms with van der Waals surface area (Å²) in [5.41, 5.74) is 0.268. The molecule has 1 aliphatic heterocycles. The minimum Gasteiger partial charge on any atom is -0.491 e. The fourth-order valence-corrected chi connectivity index (χ4v) is 2.65. The van der Waals surface area contributed by atoms with Crippen molar-refractivity contribution >= 4 is 17.9 Å². The van der Waals surface area contributed by atoms with Crippen LogP contribution >= 0.6 is 0 Å². The molecule has 2 N–H and O–H groups in total. The van der Waals surface area contributed by atoms with Crippen molar-refractivity contribution in [3.05, 3.63) is 54.0 Å². The zero-order valence-electron chi connectivity index (χ0n) is 15.7. The predicted molar refractivity (Wildman–Crippen MR) is 100 cm³/mol. The first kappa shape index (κ1) is 20.4. The van der Waals surface area contributed by atoms with Crippen LogP contribution in [0.25, 0.3) is 0 Å². The van der Waals surface area contributed by atoms with Gasteiger partial charge in [-0.3, -0.25) is 10.1 Å². The molecule has 29 heavy (non-hydrogen) atoms. The van der Waals surface area contributed by atoms with Crippen LogP contribution in [0.1, 0.15) is 29.0 Å². The van der Waals surface area contributed by atoms with E-state index in [1.807, 2.05) is 0 Å². The lowest BCUT2D eigenvalue weighted by Crippen LogP contribution is -2.41. The van der Waals surface area contributed by atoms with E-state index >= 15 is 0 Å². The second-order valence-electron chi connectivity index (χ2n) is 6.36. The SMILES string of the molecule is O=C(COC(=O)c1ccc(OCC2CCCO2)cc1)NC(=O)NCc1ccco1. The molecule has 1 aromatic carbocycles. The van der Waals surface area contributed by atoms with Crippen LogP contribution in [0.5, 0.6) is 5.75 Å². The van der Waals surface area contributed by atoms with Gasteiger partial charge in [0.05, 0.1) is 24.5 Å². The van der Waals surface area contributed by atoms with E-state index in [4.69, 9.17) is 18.6 Å². The van der Waals surface area contributed by atoms with Gasteiger partial charge in [-0.05, 0) is 49.2 Å². The molecule has 9 nitrogen and oxygen atoms in total. The highest BCUT2D eigenvalue weighted by Crippen LogP contribution is 2.17. The molecule has 2 heterocycles. The summed E-state index contributed by atoms with van der Waals surface area (Å²) in [6.45, 7) is 0.779. The van der Waals surface area contributed by atoms with E-state index in [0.717, 1.165) is 19.4 Å². The number of nitrogens with one attached hydrogen (secondary N) is 2. The Morgan fingerprint density at radius 3 is 2.66 bits per heavy atom. The van der Waals surface area contributed by atoms with E-state index in [0.29, 0.717) is 18.1 Å². The Morgan fingerprint density at radius 2 is 1.97 bits per heavy atom. The van der Waals surface area contributed by atoms with Crippen LogP contribution < -0.4 is 15.4 Å². The summed E-state index contributed by atoms with van der Waals surface area (Å²) < 4.78 is 21.1. The summed E-state index contributed by atoms with van der Waals surface area (Å²) in [6.07, 6.45) is 3.60. The van der Waals surface area contributed by atoms with Crippen LogP contribution in [0.2, 0.25) is 0 Å². The molecule has 1 fully saturated rings. The third-order valence-corrected chi connectivity index (χ3v) is 4.14. The fraction of sp³-hybridized carbons (Fsp3) is 0.350. The number of hydrogen-bond donors (Lipinski definition) is 2. The summed E-state index contributed by atoms with van der Waals surface area (Å²) in [5.74, 6) is -0.265. The zero-order valence-corrected chi connectivity index (χ0v) is 15.7. The number of furan rings is 1. The van der Waals surface area contributed by atoms with Crippen molar-refractivity contribution in [2.24, 2.45) is 0 Å². The molecule has 0 spiro atoms. The van der Waals surface area contributed by atoms with Crippen LogP contribution in [-0.2, 0) is 20.8 Å². The summed E-state index contributed by atoms with van der Waals surface area (Å²) >= 11 is 0. The van der Waals surface area contributed by atoms with Crippen LogP contribution in [0.3, 0.4) is 0 Å². The molecule has 1 aromatic heterocycles. The number of rotatable bonds is 8. The maximum atomic E-state index is 12.0. The normalized spacial score (nSPS) is 15.5. The van der Waals surface area contributed by atoms with Gasteiger partial charge >= 0.3 is 12.0 Å². The van der Waals surface area contributed by atoms with Gasteiger partial charge in [0.1, 0.15) is 18.1 Å². The smallest absolute Gasteiger partial charge is 0.338 e. The van der Waals surface area contributed by atoms with Gasteiger partial charge in [0.25, 0.3) is 5.91 Å². The average molecular weight is 402 g/mol.